The van der Waals surface area contributed by atoms with Gasteiger partial charge in [-0.05, 0) is 35.9 Å². The Hall–Kier alpha value is -3.58. The summed E-state index contributed by atoms with van der Waals surface area (Å²) in [6, 6.07) is 5.34. The molecule has 3 aromatic rings. The van der Waals surface area contributed by atoms with Crippen molar-refractivity contribution in [3.05, 3.63) is 76.1 Å². The van der Waals surface area contributed by atoms with Crippen molar-refractivity contribution in [3.8, 4) is 11.5 Å². The molecule has 3 unspecified atom stereocenters. The highest BCUT2D eigenvalue weighted by Gasteiger charge is 2.63. The van der Waals surface area contributed by atoms with E-state index in [1.54, 1.807) is 10.6 Å². The summed E-state index contributed by atoms with van der Waals surface area (Å²) in [5.74, 6) is -2.43. The van der Waals surface area contributed by atoms with Gasteiger partial charge in [-0.2, -0.15) is 13.2 Å². The van der Waals surface area contributed by atoms with E-state index in [2.05, 4.69) is 14.9 Å². The molecule has 188 valence electrons. The van der Waals surface area contributed by atoms with Crippen LogP contribution in [-0.2, 0) is 28.8 Å². The molecular formula is C23H17F5N4O4. The molecule has 36 heavy (non-hydrogen) atoms. The highest BCUT2D eigenvalue weighted by molar-refractivity contribution is 5.51. The van der Waals surface area contributed by atoms with Gasteiger partial charge in [0.2, 0.25) is 0 Å². The second-order valence-corrected chi connectivity index (χ2v) is 8.86. The maximum Gasteiger partial charge on any atom is 0.433 e. The Kier molecular flexibility index (Phi) is 5.06. The lowest BCUT2D eigenvalue weighted by Crippen LogP contribution is -2.54. The number of halogens is 5. The molecule has 8 nitrogen and oxygen atoms in total. The Morgan fingerprint density at radius 1 is 1.14 bits per heavy atom. The van der Waals surface area contributed by atoms with Gasteiger partial charge in [0.25, 0.3) is 0 Å². The van der Waals surface area contributed by atoms with Gasteiger partial charge < -0.3 is 19.1 Å². The molecule has 1 spiro atoms. The predicted molar refractivity (Wildman–Crippen MR) is 112 cm³/mol. The van der Waals surface area contributed by atoms with Crippen LogP contribution in [0.1, 0.15) is 17.7 Å². The van der Waals surface area contributed by atoms with Gasteiger partial charge >= 0.3 is 11.9 Å². The molecule has 13 heteroatoms. The summed E-state index contributed by atoms with van der Waals surface area (Å²) in [6.45, 7) is 0.733. The van der Waals surface area contributed by atoms with E-state index < -0.39 is 41.1 Å². The molecule has 1 aromatic carbocycles. The molecule has 0 N–H and O–H groups in total. The molecule has 2 saturated heterocycles. The van der Waals surface area contributed by atoms with Crippen molar-refractivity contribution in [2.45, 2.75) is 43.7 Å². The van der Waals surface area contributed by atoms with Crippen molar-refractivity contribution >= 4 is 5.82 Å². The zero-order valence-electron chi connectivity index (χ0n) is 18.3. The third-order valence-corrected chi connectivity index (χ3v) is 6.59. The maximum atomic E-state index is 14.6. The van der Waals surface area contributed by atoms with Crippen molar-refractivity contribution < 1.29 is 36.2 Å². The zero-order chi connectivity index (χ0) is 25.2. The molecule has 0 amide bonds. The number of morpholine rings is 1. The molecule has 5 heterocycles. The van der Waals surface area contributed by atoms with Crippen LogP contribution in [0.3, 0.4) is 0 Å². The SMILES string of the molecule is O=c1nccc2n1CC13CC(CN21)OC3OCc1cc(F)c(Oc2ccc(C(F)(F)F)nc2)c(F)c1. The zero-order valence-corrected chi connectivity index (χ0v) is 18.3. The van der Waals surface area contributed by atoms with Gasteiger partial charge in [0.15, 0.2) is 23.7 Å². The molecule has 2 aromatic heterocycles. The number of alkyl halides is 3. The first-order valence-electron chi connectivity index (χ1n) is 10.9. The average Bonchev–Trinajstić information content (AvgIpc) is 3.46. The summed E-state index contributed by atoms with van der Waals surface area (Å²) in [5.41, 5.74) is -1.99. The predicted octanol–water partition coefficient (Wildman–Crippen LogP) is 3.63. The topological polar surface area (TPSA) is 78.7 Å². The molecule has 2 fully saturated rings. The highest BCUT2D eigenvalue weighted by Crippen LogP contribution is 2.50. The normalized spacial score (nSPS) is 24.2. The third kappa shape index (κ3) is 3.61. The number of rotatable bonds is 5. The number of nitrogens with zero attached hydrogens (tertiary/aromatic N) is 4. The minimum atomic E-state index is -4.65. The number of fused-ring (bicyclic) bond motifs is 3. The van der Waals surface area contributed by atoms with Gasteiger partial charge in [0, 0.05) is 19.2 Å². The van der Waals surface area contributed by atoms with E-state index in [4.69, 9.17) is 14.2 Å². The largest absolute Gasteiger partial charge is 0.450 e. The number of ether oxygens (including phenoxy) is 3. The van der Waals surface area contributed by atoms with Crippen molar-refractivity contribution in [1.29, 1.82) is 0 Å². The van der Waals surface area contributed by atoms with Gasteiger partial charge in [0.1, 0.15) is 22.8 Å². The van der Waals surface area contributed by atoms with Crippen LogP contribution < -0.4 is 15.3 Å². The minimum absolute atomic E-state index is 0.103. The Labute approximate surface area is 199 Å². The van der Waals surface area contributed by atoms with E-state index in [1.165, 1.54) is 6.20 Å². The Morgan fingerprint density at radius 3 is 2.61 bits per heavy atom. The molecule has 6 rings (SSSR count). The first-order chi connectivity index (χ1) is 17.1. The number of pyridine rings is 1. The lowest BCUT2D eigenvalue weighted by molar-refractivity contribution is -0.174. The van der Waals surface area contributed by atoms with Crippen LogP contribution in [0.25, 0.3) is 0 Å². The van der Waals surface area contributed by atoms with Gasteiger partial charge in [-0.3, -0.25) is 4.57 Å². The summed E-state index contributed by atoms with van der Waals surface area (Å²) < 4.78 is 85.8. The number of anilines is 1. The molecule has 3 atom stereocenters. The van der Waals surface area contributed by atoms with Crippen LogP contribution >= 0.6 is 0 Å². The lowest BCUT2D eigenvalue weighted by atomic mass is 9.98. The summed E-state index contributed by atoms with van der Waals surface area (Å²) in [4.78, 5) is 21.3. The fraction of sp³-hybridized carbons (Fsp3) is 0.348. The Bertz CT molecular complexity index is 1370. The third-order valence-electron chi connectivity index (χ3n) is 6.59. The molecule has 3 aliphatic heterocycles. The van der Waals surface area contributed by atoms with Gasteiger partial charge in [-0.1, -0.05) is 0 Å². The second-order valence-electron chi connectivity index (χ2n) is 8.86. The first kappa shape index (κ1) is 22.9. The Balaban J connectivity index is 1.16. The summed E-state index contributed by atoms with van der Waals surface area (Å²) >= 11 is 0. The number of hydrogen-bond acceptors (Lipinski definition) is 7. The second kappa shape index (κ2) is 7.96. The number of hydrogen-bond donors (Lipinski definition) is 0. The van der Waals surface area contributed by atoms with E-state index in [0.29, 0.717) is 25.6 Å². The Morgan fingerprint density at radius 2 is 1.92 bits per heavy atom. The van der Waals surface area contributed by atoms with E-state index in [-0.39, 0.29) is 29.7 Å². The van der Waals surface area contributed by atoms with Crippen molar-refractivity contribution in [1.82, 2.24) is 14.5 Å². The molecule has 0 aliphatic carbocycles. The highest BCUT2D eigenvalue weighted by atomic mass is 19.4. The minimum Gasteiger partial charge on any atom is -0.450 e. The van der Waals surface area contributed by atoms with Gasteiger partial charge in [0.05, 0.1) is 25.5 Å². The van der Waals surface area contributed by atoms with E-state index >= 15 is 0 Å². The van der Waals surface area contributed by atoms with Crippen LogP contribution in [-0.4, -0.2) is 39.0 Å². The van der Waals surface area contributed by atoms with Crippen LogP contribution in [0.4, 0.5) is 27.8 Å². The molecule has 2 bridgehead atoms. The smallest absolute Gasteiger partial charge is 0.433 e. The molecule has 0 saturated carbocycles. The van der Waals surface area contributed by atoms with Crippen LogP contribution in [0.2, 0.25) is 0 Å². The average molecular weight is 508 g/mol. The van der Waals surface area contributed by atoms with E-state index in [1.807, 2.05) is 0 Å². The monoisotopic (exact) mass is 508 g/mol. The fourth-order valence-electron chi connectivity index (χ4n) is 5.09. The van der Waals surface area contributed by atoms with Gasteiger partial charge in [-0.25, -0.2) is 23.5 Å². The maximum absolute atomic E-state index is 14.6. The fourth-order valence-corrected chi connectivity index (χ4v) is 5.09. The van der Waals surface area contributed by atoms with Crippen molar-refractivity contribution in [2.24, 2.45) is 0 Å². The van der Waals surface area contributed by atoms with Crippen molar-refractivity contribution in [3.63, 3.8) is 0 Å². The molecule has 3 aliphatic rings. The van der Waals surface area contributed by atoms with E-state index in [9.17, 15) is 26.7 Å². The van der Waals surface area contributed by atoms with E-state index in [0.717, 1.165) is 30.2 Å². The quantitative estimate of drug-likeness (QED) is 0.487. The summed E-state index contributed by atoms with van der Waals surface area (Å²) in [6.07, 6.45) is -2.67. The van der Waals surface area contributed by atoms with Crippen LogP contribution in [0.5, 0.6) is 11.5 Å². The van der Waals surface area contributed by atoms with Crippen LogP contribution in [0, 0.1) is 11.6 Å². The van der Waals surface area contributed by atoms with Crippen LogP contribution in [0.15, 0.2) is 47.5 Å². The van der Waals surface area contributed by atoms with Crippen molar-refractivity contribution in [2.75, 3.05) is 11.4 Å². The summed E-state index contributed by atoms with van der Waals surface area (Å²) in [5, 5.41) is 0. The molecular weight excluding hydrogens is 491 g/mol. The first-order valence-corrected chi connectivity index (χ1v) is 10.9. The number of benzene rings is 1. The lowest BCUT2D eigenvalue weighted by Gasteiger charge is -2.38. The molecule has 0 radical (unpaired) electrons. The van der Waals surface area contributed by atoms with Gasteiger partial charge in [-0.15, -0.1) is 0 Å². The number of aromatic nitrogens is 3. The summed E-state index contributed by atoms with van der Waals surface area (Å²) in [7, 11) is 0. The standard InChI is InChI=1S/C23H17F5N4O4/c24-15-5-12(6-16(25)19(15)35-13-1-2-17(30-8-13)23(26,27)28)10-34-20-22-7-14(36-20)9-32(22)18-3-4-29-21(33)31(18)11-22/h1-6,8,14,20H,7,9-11H2.